The molecule has 1 amide bonds. The summed E-state index contributed by atoms with van der Waals surface area (Å²) >= 11 is 0. The van der Waals surface area contributed by atoms with Crippen molar-refractivity contribution in [2.75, 3.05) is 11.3 Å². The molecule has 180 valence electrons. The van der Waals surface area contributed by atoms with Crippen LogP contribution in [0, 0.1) is 13.8 Å². The predicted molar refractivity (Wildman–Crippen MR) is 122 cm³/mol. The molecule has 3 aromatic carbocycles. The lowest BCUT2D eigenvalue weighted by Crippen LogP contribution is -2.29. The molecule has 0 saturated carbocycles. The Morgan fingerprint density at radius 2 is 1.62 bits per heavy atom. The third-order valence-electron chi connectivity index (χ3n) is 5.36. The first-order chi connectivity index (χ1) is 15.9. The van der Waals surface area contributed by atoms with Gasteiger partial charge in [-0.3, -0.25) is 9.52 Å². The highest BCUT2D eigenvalue weighted by molar-refractivity contribution is 7.92. The van der Waals surface area contributed by atoms with Crippen molar-refractivity contribution < 1.29 is 31.5 Å². The van der Waals surface area contributed by atoms with Crippen LogP contribution in [0.3, 0.4) is 0 Å². The lowest BCUT2D eigenvalue weighted by atomic mass is 10.0. The fourth-order valence-electron chi connectivity index (χ4n) is 3.30. The summed E-state index contributed by atoms with van der Waals surface area (Å²) < 4.78 is 67.3. The van der Waals surface area contributed by atoms with E-state index in [1.807, 2.05) is 13.0 Å². The molecule has 0 heterocycles. The zero-order valence-electron chi connectivity index (χ0n) is 18.3. The maximum atomic E-state index is 13.1. The summed E-state index contributed by atoms with van der Waals surface area (Å²) in [5.74, 6) is -0.671. The first-order valence-electron chi connectivity index (χ1n) is 10.2. The largest absolute Gasteiger partial charge is 0.416 e. The average Bonchev–Trinajstić information content (AvgIpc) is 2.79. The summed E-state index contributed by atoms with van der Waals surface area (Å²) in [5.41, 5.74) is 0.897. The van der Waals surface area contributed by atoms with Crippen LogP contribution in [0.1, 0.15) is 38.7 Å². The van der Waals surface area contributed by atoms with Gasteiger partial charge < -0.3 is 10.4 Å². The van der Waals surface area contributed by atoms with Crippen molar-refractivity contribution in [3.63, 3.8) is 0 Å². The maximum Gasteiger partial charge on any atom is 0.416 e. The predicted octanol–water partition coefficient (Wildman–Crippen LogP) is 4.59. The smallest absolute Gasteiger partial charge is 0.387 e. The number of aliphatic hydroxyl groups is 1. The van der Waals surface area contributed by atoms with Crippen molar-refractivity contribution in [2.24, 2.45) is 0 Å². The Morgan fingerprint density at radius 3 is 2.26 bits per heavy atom. The van der Waals surface area contributed by atoms with Gasteiger partial charge in [0, 0.05) is 12.1 Å². The molecule has 0 aromatic heterocycles. The number of alkyl halides is 3. The number of nitrogens with one attached hydrogen (secondary N) is 2. The fraction of sp³-hybridized carbons (Fsp3) is 0.208. The minimum Gasteiger partial charge on any atom is -0.387 e. The SMILES string of the molecule is Cc1cccc(NS(=O)(=O)c2ccc(C(=O)NCC(O)c3ccccc3C(F)(F)F)cc2)c1C. The van der Waals surface area contributed by atoms with Gasteiger partial charge in [-0.05, 0) is 66.9 Å². The number of rotatable bonds is 7. The number of sulfonamides is 1. The van der Waals surface area contributed by atoms with Crippen LogP contribution in [-0.2, 0) is 16.2 Å². The number of carbonyl (C=O) groups excluding carboxylic acids is 1. The maximum absolute atomic E-state index is 13.1. The Balaban J connectivity index is 1.68. The highest BCUT2D eigenvalue weighted by Gasteiger charge is 2.34. The van der Waals surface area contributed by atoms with Crippen LogP contribution in [0.2, 0.25) is 0 Å². The topological polar surface area (TPSA) is 95.5 Å². The molecule has 0 aliphatic heterocycles. The zero-order chi connectivity index (χ0) is 25.1. The number of anilines is 1. The molecule has 0 saturated heterocycles. The normalized spacial score (nSPS) is 12.8. The molecule has 0 aliphatic carbocycles. The Labute approximate surface area is 195 Å². The second-order valence-electron chi connectivity index (χ2n) is 7.69. The Morgan fingerprint density at radius 1 is 0.971 bits per heavy atom. The van der Waals surface area contributed by atoms with Crippen LogP contribution in [0.15, 0.2) is 71.6 Å². The van der Waals surface area contributed by atoms with E-state index in [0.29, 0.717) is 5.69 Å². The summed E-state index contributed by atoms with van der Waals surface area (Å²) in [6.07, 6.45) is -6.23. The van der Waals surface area contributed by atoms with Gasteiger partial charge in [-0.25, -0.2) is 8.42 Å². The summed E-state index contributed by atoms with van der Waals surface area (Å²) in [6, 6.07) is 14.9. The van der Waals surface area contributed by atoms with E-state index >= 15 is 0 Å². The zero-order valence-corrected chi connectivity index (χ0v) is 19.2. The van der Waals surface area contributed by atoms with Gasteiger partial charge >= 0.3 is 6.18 Å². The van der Waals surface area contributed by atoms with Crippen LogP contribution in [0.5, 0.6) is 0 Å². The van der Waals surface area contributed by atoms with Crippen molar-refractivity contribution in [1.29, 1.82) is 0 Å². The molecule has 0 radical (unpaired) electrons. The first kappa shape index (κ1) is 25.3. The third-order valence-corrected chi connectivity index (χ3v) is 6.74. The summed E-state index contributed by atoms with van der Waals surface area (Å²) in [4.78, 5) is 12.3. The lowest BCUT2D eigenvalue weighted by Gasteiger charge is -2.18. The average molecular weight is 493 g/mol. The van der Waals surface area contributed by atoms with Crippen molar-refractivity contribution in [3.05, 3.63) is 94.5 Å². The molecule has 3 rings (SSSR count). The van der Waals surface area contributed by atoms with Crippen molar-refractivity contribution >= 4 is 21.6 Å². The van der Waals surface area contributed by atoms with E-state index in [9.17, 15) is 31.5 Å². The lowest BCUT2D eigenvalue weighted by molar-refractivity contribution is -0.139. The molecule has 1 atom stereocenters. The summed E-state index contributed by atoms with van der Waals surface area (Å²) in [5, 5.41) is 12.6. The van der Waals surface area contributed by atoms with Crippen LogP contribution < -0.4 is 10.0 Å². The van der Waals surface area contributed by atoms with Gasteiger partial charge in [0.2, 0.25) is 0 Å². The van der Waals surface area contributed by atoms with E-state index in [-0.39, 0.29) is 16.0 Å². The Bertz CT molecular complexity index is 1290. The fourth-order valence-corrected chi connectivity index (χ4v) is 4.42. The standard InChI is InChI=1S/C24H23F3N2O4S/c1-15-6-5-9-21(16(15)2)29-34(32,33)18-12-10-17(11-13-18)23(31)28-14-22(30)19-7-3-4-8-20(19)24(25,26)27/h3-13,22,29-30H,14H2,1-2H3,(H,28,31). The van der Waals surface area contributed by atoms with Crippen LogP contribution in [0.4, 0.5) is 18.9 Å². The first-order valence-corrected chi connectivity index (χ1v) is 11.7. The minimum atomic E-state index is -4.64. The van der Waals surface area contributed by atoms with E-state index in [4.69, 9.17) is 0 Å². The van der Waals surface area contributed by atoms with Gasteiger partial charge in [0.05, 0.1) is 22.3 Å². The van der Waals surface area contributed by atoms with Crippen LogP contribution in [0.25, 0.3) is 0 Å². The quantitative estimate of drug-likeness (QED) is 0.450. The van der Waals surface area contributed by atoms with E-state index in [1.54, 1.807) is 19.1 Å². The summed E-state index contributed by atoms with van der Waals surface area (Å²) in [7, 11) is -3.90. The molecule has 0 fully saturated rings. The van der Waals surface area contributed by atoms with Gasteiger partial charge in [-0.2, -0.15) is 13.2 Å². The van der Waals surface area contributed by atoms with Crippen LogP contribution >= 0.6 is 0 Å². The molecule has 1 unspecified atom stereocenters. The van der Waals surface area contributed by atoms with E-state index in [0.717, 1.165) is 23.3 Å². The number of halogens is 3. The van der Waals surface area contributed by atoms with Gasteiger partial charge in [0.25, 0.3) is 15.9 Å². The number of carbonyl (C=O) groups is 1. The van der Waals surface area contributed by atoms with E-state index in [2.05, 4.69) is 10.0 Å². The van der Waals surface area contributed by atoms with Crippen molar-refractivity contribution in [3.8, 4) is 0 Å². The van der Waals surface area contributed by atoms with E-state index in [1.165, 1.54) is 36.4 Å². The molecule has 3 aromatic rings. The van der Waals surface area contributed by atoms with Gasteiger partial charge in [-0.15, -0.1) is 0 Å². The molecule has 0 aliphatic rings. The highest BCUT2D eigenvalue weighted by atomic mass is 32.2. The van der Waals surface area contributed by atoms with Crippen molar-refractivity contribution in [1.82, 2.24) is 5.32 Å². The monoisotopic (exact) mass is 492 g/mol. The van der Waals surface area contributed by atoms with Gasteiger partial charge in [0.1, 0.15) is 0 Å². The number of aryl methyl sites for hydroxylation is 1. The number of aliphatic hydroxyl groups excluding tert-OH is 1. The summed E-state index contributed by atoms with van der Waals surface area (Å²) in [6.45, 7) is 3.20. The molecule has 34 heavy (non-hydrogen) atoms. The highest BCUT2D eigenvalue weighted by Crippen LogP contribution is 2.34. The molecule has 0 spiro atoms. The van der Waals surface area contributed by atoms with Crippen molar-refractivity contribution in [2.45, 2.75) is 31.0 Å². The molecular weight excluding hydrogens is 469 g/mol. The number of hydrogen-bond acceptors (Lipinski definition) is 4. The molecular formula is C24H23F3N2O4S. The molecule has 10 heteroatoms. The van der Waals surface area contributed by atoms with Gasteiger partial charge in [0.15, 0.2) is 0 Å². The molecule has 0 bridgehead atoms. The number of amides is 1. The number of benzene rings is 3. The third kappa shape index (κ3) is 5.75. The second-order valence-corrected chi connectivity index (χ2v) is 9.37. The Hall–Kier alpha value is -3.37. The van der Waals surface area contributed by atoms with E-state index < -0.39 is 40.3 Å². The molecule has 3 N–H and O–H groups in total. The Kier molecular flexibility index (Phi) is 7.32. The second kappa shape index (κ2) is 9.86. The molecule has 6 nitrogen and oxygen atoms in total. The van der Waals surface area contributed by atoms with Gasteiger partial charge in [-0.1, -0.05) is 30.3 Å². The minimum absolute atomic E-state index is 0.0657. The van der Waals surface area contributed by atoms with Crippen LogP contribution in [-0.4, -0.2) is 26.0 Å². The number of hydrogen-bond donors (Lipinski definition) is 3.